The van der Waals surface area contributed by atoms with E-state index in [1.165, 1.54) is 0 Å². The first-order valence-electron chi connectivity index (χ1n) is 10.8. The van der Waals surface area contributed by atoms with Gasteiger partial charge in [0.15, 0.2) is 5.96 Å². The molecule has 1 N–H and O–H groups in total. The van der Waals surface area contributed by atoms with Gasteiger partial charge in [0.2, 0.25) is 0 Å². The van der Waals surface area contributed by atoms with Gasteiger partial charge in [-0.1, -0.05) is 18.2 Å². The molecule has 2 heterocycles. The number of guanidine groups is 1. The van der Waals surface area contributed by atoms with Crippen LogP contribution >= 0.6 is 24.0 Å². The minimum atomic E-state index is -0.238. The molecular weight excluding hydrogens is 509 g/mol. The highest BCUT2D eigenvalue weighted by molar-refractivity contribution is 14.0. The summed E-state index contributed by atoms with van der Waals surface area (Å²) in [6.45, 7) is 5.79. The van der Waals surface area contributed by atoms with Crippen LogP contribution in [0.3, 0.4) is 0 Å². The lowest BCUT2D eigenvalue weighted by molar-refractivity contribution is -0.142. The Balaban J connectivity index is 0.00000341. The Bertz CT molecular complexity index is 717. The maximum absolute atomic E-state index is 12.5. The van der Waals surface area contributed by atoms with Gasteiger partial charge in [0.25, 0.3) is 5.91 Å². The Morgan fingerprint density at radius 3 is 2.58 bits per heavy atom. The average Bonchev–Trinajstić information content (AvgIpc) is 3.30. The highest BCUT2D eigenvalue weighted by Gasteiger charge is 2.30. The molecule has 0 aromatic heterocycles. The zero-order valence-corrected chi connectivity index (χ0v) is 21.2. The highest BCUT2D eigenvalue weighted by atomic mass is 127. The molecule has 1 amide bonds. The Hall–Kier alpha value is -1.59. The molecule has 1 aromatic rings. The number of hydrogen-bond acceptors (Lipinski definition) is 5. The van der Waals surface area contributed by atoms with Crippen LogP contribution in [0.2, 0.25) is 0 Å². The molecule has 174 valence electrons. The summed E-state index contributed by atoms with van der Waals surface area (Å²) < 4.78 is 11.5. The van der Waals surface area contributed by atoms with E-state index in [9.17, 15) is 4.79 Å². The number of carbonyl (C=O) groups is 1. The first-order chi connectivity index (χ1) is 14.6. The largest absolute Gasteiger partial charge is 0.492 e. The molecule has 31 heavy (non-hydrogen) atoms. The van der Waals surface area contributed by atoms with E-state index in [2.05, 4.69) is 26.2 Å². The number of halogens is 1. The number of benzene rings is 1. The number of hydrogen-bond donors (Lipinski definition) is 1. The third-order valence-corrected chi connectivity index (χ3v) is 5.51. The SMILES string of the molecule is CN=C(NCc1ccccc1OCCN(C)C)N1CCN(C(=O)C2CCCO2)CC1.I. The molecule has 2 saturated heterocycles. The van der Waals surface area contributed by atoms with Crippen molar-refractivity contribution < 1.29 is 14.3 Å². The number of amides is 1. The van der Waals surface area contributed by atoms with Crippen molar-refractivity contribution in [1.29, 1.82) is 0 Å². The lowest BCUT2D eigenvalue weighted by Crippen LogP contribution is -2.55. The molecule has 1 unspecified atom stereocenters. The molecule has 0 bridgehead atoms. The summed E-state index contributed by atoms with van der Waals surface area (Å²) in [6.07, 6.45) is 1.59. The Morgan fingerprint density at radius 2 is 1.94 bits per heavy atom. The van der Waals surface area contributed by atoms with Gasteiger partial charge >= 0.3 is 0 Å². The minimum absolute atomic E-state index is 0. The van der Waals surface area contributed by atoms with Gasteiger partial charge < -0.3 is 29.5 Å². The summed E-state index contributed by atoms with van der Waals surface area (Å²) in [4.78, 5) is 23.2. The fourth-order valence-electron chi connectivity index (χ4n) is 3.75. The van der Waals surface area contributed by atoms with Gasteiger partial charge in [-0.15, -0.1) is 24.0 Å². The van der Waals surface area contributed by atoms with Crippen LogP contribution in [0, 0.1) is 0 Å². The first-order valence-corrected chi connectivity index (χ1v) is 10.8. The third-order valence-electron chi connectivity index (χ3n) is 5.51. The molecule has 8 nitrogen and oxygen atoms in total. The molecular formula is C22H36IN5O3. The molecule has 1 atom stereocenters. The van der Waals surface area contributed by atoms with Crippen molar-refractivity contribution in [3.8, 4) is 5.75 Å². The van der Waals surface area contributed by atoms with Gasteiger partial charge in [0.05, 0.1) is 0 Å². The molecule has 0 saturated carbocycles. The molecule has 0 radical (unpaired) electrons. The van der Waals surface area contributed by atoms with E-state index in [4.69, 9.17) is 9.47 Å². The summed E-state index contributed by atoms with van der Waals surface area (Å²) >= 11 is 0. The number of likely N-dealkylation sites (N-methyl/N-ethyl adjacent to an activating group) is 1. The van der Waals surface area contributed by atoms with E-state index in [-0.39, 0.29) is 36.0 Å². The number of aliphatic imine (C=N–C) groups is 1. The van der Waals surface area contributed by atoms with Crippen LogP contribution in [0.25, 0.3) is 0 Å². The molecule has 3 rings (SSSR count). The molecule has 1 aromatic carbocycles. The van der Waals surface area contributed by atoms with Gasteiger partial charge in [-0.2, -0.15) is 0 Å². The van der Waals surface area contributed by atoms with E-state index in [0.29, 0.717) is 32.8 Å². The third kappa shape index (κ3) is 7.50. The number of para-hydroxylation sites is 1. The Kier molecular flexibility index (Phi) is 10.8. The second-order valence-electron chi connectivity index (χ2n) is 7.97. The number of rotatable bonds is 7. The minimum Gasteiger partial charge on any atom is -0.492 e. The normalized spacial score (nSPS) is 19.4. The molecule has 0 aliphatic carbocycles. The number of nitrogens with zero attached hydrogens (tertiary/aromatic N) is 4. The van der Waals surface area contributed by atoms with Crippen LogP contribution in [-0.4, -0.2) is 99.8 Å². The van der Waals surface area contributed by atoms with Gasteiger partial charge in [-0.25, -0.2) is 0 Å². The van der Waals surface area contributed by atoms with Crippen molar-refractivity contribution in [3.63, 3.8) is 0 Å². The first kappa shape index (κ1) is 25.7. The molecule has 2 aliphatic rings. The zero-order valence-electron chi connectivity index (χ0n) is 18.9. The summed E-state index contributed by atoms with van der Waals surface area (Å²) in [7, 11) is 5.87. The van der Waals surface area contributed by atoms with Crippen molar-refractivity contribution in [1.82, 2.24) is 20.0 Å². The van der Waals surface area contributed by atoms with Gasteiger partial charge in [0.1, 0.15) is 18.5 Å². The van der Waals surface area contributed by atoms with Crippen LogP contribution in [0.4, 0.5) is 0 Å². The average molecular weight is 545 g/mol. The number of piperazine rings is 1. The van der Waals surface area contributed by atoms with Gasteiger partial charge in [0, 0.05) is 58.5 Å². The monoisotopic (exact) mass is 545 g/mol. The molecule has 0 spiro atoms. The Morgan fingerprint density at radius 1 is 1.23 bits per heavy atom. The van der Waals surface area contributed by atoms with Crippen LogP contribution in [-0.2, 0) is 16.1 Å². The summed E-state index contributed by atoms with van der Waals surface area (Å²) in [5.74, 6) is 1.88. The zero-order chi connectivity index (χ0) is 21.3. The quantitative estimate of drug-likeness (QED) is 0.320. The fraction of sp³-hybridized carbons (Fsp3) is 0.636. The topological polar surface area (TPSA) is 69.6 Å². The van der Waals surface area contributed by atoms with Crippen molar-refractivity contribution in [2.24, 2.45) is 4.99 Å². The molecule has 9 heteroatoms. The van der Waals surface area contributed by atoms with E-state index in [1.807, 2.05) is 37.2 Å². The smallest absolute Gasteiger partial charge is 0.251 e. The lowest BCUT2D eigenvalue weighted by atomic mass is 10.2. The number of carbonyl (C=O) groups excluding carboxylic acids is 1. The molecule has 2 aliphatic heterocycles. The summed E-state index contributed by atoms with van der Waals surface area (Å²) in [6, 6.07) is 8.09. The second kappa shape index (κ2) is 13.1. The van der Waals surface area contributed by atoms with Gasteiger partial charge in [-0.3, -0.25) is 9.79 Å². The van der Waals surface area contributed by atoms with Crippen LogP contribution in [0.15, 0.2) is 29.3 Å². The second-order valence-corrected chi connectivity index (χ2v) is 7.97. The van der Waals surface area contributed by atoms with Gasteiger partial charge in [-0.05, 0) is 33.0 Å². The van der Waals surface area contributed by atoms with Crippen molar-refractivity contribution in [3.05, 3.63) is 29.8 Å². The molecule has 2 fully saturated rings. The highest BCUT2D eigenvalue weighted by Crippen LogP contribution is 2.18. The van der Waals surface area contributed by atoms with E-state index in [0.717, 1.165) is 49.7 Å². The summed E-state index contributed by atoms with van der Waals surface area (Å²) in [5, 5.41) is 3.45. The lowest BCUT2D eigenvalue weighted by Gasteiger charge is -2.37. The standard InChI is InChI=1S/C22H35N5O3.HI/c1-23-22(24-17-18-7-4-5-8-19(18)30-16-14-25(2)3)27-12-10-26(11-13-27)21(28)20-9-6-15-29-20;/h4-5,7-8,20H,6,9-17H2,1-3H3,(H,23,24);1H. The maximum atomic E-state index is 12.5. The summed E-state index contributed by atoms with van der Waals surface area (Å²) in [5.41, 5.74) is 1.10. The van der Waals surface area contributed by atoms with Crippen molar-refractivity contribution in [2.75, 3.05) is 67.1 Å². The van der Waals surface area contributed by atoms with Crippen molar-refractivity contribution >= 4 is 35.8 Å². The van der Waals surface area contributed by atoms with Crippen molar-refractivity contribution in [2.45, 2.75) is 25.5 Å². The predicted molar refractivity (Wildman–Crippen MR) is 133 cm³/mol. The van der Waals surface area contributed by atoms with Crippen LogP contribution in [0.1, 0.15) is 18.4 Å². The van der Waals surface area contributed by atoms with E-state index < -0.39 is 0 Å². The Labute approximate surface area is 203 Å². The van der Waals surface area contributed by atoms with Crippen LogP contribution in [0.5, 0.6) is 5.75 Å². The van der Waals surface area contributed by atoms with E-state index in [1.54, 1.807) is 7.05 Å². The maximum Gasteiger partial charge on any atom is 0.251 e. The predicted octanol–water partition coefficient (Wildman–Crippen LogP) is 1.64. The van der Waals surface area contributed by atoms with E-state index >= 15 is 0 Å². The number of ether oxygens (including phenoxy) is 2. The number of nitrogens with one attached hydrogen (secondary N) is 1. The van der Waals surface area contributed by atoms with Crippen LogP contribution < -0.4 is 10.1 Å². The fourth-order valence-corrected chi connectivity index (χ4v) is 3.75.